The number of hydrogen-bond acceptors (Lipinski definition) is 4. The van der Waals surface area contributed by atoms with E-state index in [1.165, 1.54) is 0 Å². The monoisotopic (exact) mass is 236 g/mol. The van der Waals surface area contributed by atoms with Crippen LogP contribution >= 0.6 is 0 Å². The van der Waals surface area contributed by atoms with Gasteiger partial charge in [-0.1, -0.05) is 13.8 Å². The molecule has 0 aliphatic heterocycles. The molecule has 0 saturated carbocycles. The van der Waals surface area contributed by atoms with Crippen molar-refractivity contribution in [1.29, 1.82) is 0 Å². The molecule has 0 aromatic carbocycles. The lowest BCUT2D eigenvalue weighted by Crippen LogP contribution is -2.40. The van der Waals surface area contributed by atoms with Gasteiger partial charge in [-0.15, -0.1) is 0 Å². The molecular formula is C9H20N2O3S. The highest BCUT2D eigenvalue weighted by Gasteiger charge is 2.17. The molecule has 0 fully saturated rings. The molecule has 0 aliphatic carbocycles. The lowest BCUT2D eigenvalue weighted by molar-refractivity contribution is -0.124. The van der Waals surface area contributed by atoms with Crippen LogP contribution in [0.3, 0.4) is 0 Å². The van der Waals surface area contributed by atoms with Gasteiger partial charge < -0.3 is 11.1 Å². The zero-order valence-electron chi connectivity index (χ0n) is 9.49. The molecule has 0 radical (unpaired) electrons. The molecule has 2 unspecified atom stereocenters. The number of carbonyl (C=O) groups is 1. The van der Waals surface area contributed by atoms with Gasteiger partial charge in [0.25, 0.3) is 0 Å². The quantitative estimate of drug-likeness (QED) is 0.652. The zero-order chi connectivity index (χ0) is 12.1. The van der Waals surface area contributed by atoms with E-state index in [0.717, 1.165) is 0 Å². The van der Waals surface area contributed by atoms with E-state index < -0.39 is 9.84 Å². The summed E-state index contributed by atoms with van der Waals surface area (Å²) >= 11 is 0. The van der Waals surface area contributed by atoms with Crippen molar-refractivity contribution >= 4 is 15.7 Å². The average molecular weight is 236 g/mol. The van der Waals surface area contributed by atoms with E-state index in [0.29, 0.717) is 0 Å². The average Bonchev–Trinajstić information content (AvgIpc) is 2.16. The van der Waals surface area contributed by atoms with Crippen molar-refractivity contribution in [2.75, 3.05) is 18.1 Å². The van der Waals surface area contributed by atoms with Gasteiger partial charge in [-0.3, -0.25) is 4.79 Å². The predicted octanol–water partition coefficient (Wildman–Crippen LogP) is -0.479. The number of nitrogens with two attached hydrogens (primary N) is 1. The topological polar surface area (TPSA) is 89.3 Å². The van der Waals surface area contributed by atoms with Gasteiger partial charge in [-0.05, 0) is 6.92 Å². The summed E-state index contributed by atoms with van der Waals surface area (Å²) in [6.45, 7) is 5.20. The first-order valence-electron chi connectivity index (χ1n) is 5.04. The Kier molecular flexibility index (Phi) is 5.82. The molecule has 0 rings (SSSR count). The summed E-state index contributed by atoms with van der Waals surface area (Å²) in [4.78, 5) is 11.4. The first kappa shape index (κ1) is 14.4. The Labute approximate surface area is 91.3 Å². The molecular weight excluding hydrogens is 216 g/mol. The molecule has 5 nitrogen and oxygen atoms in total. The van der Waals surface area contributed by atoms with E-state index in [-0.39, 0.29) is 35.9 Å². The molecule has 15 heavy (non-hydrogen) atoms. The molecule has 0 spiro atoms. The Hall–Kier alpha value is -0.620. The predicted molar refractivity (Wildman–Crippen MR) is 60.2 cm³/mol. The van der Waals surface area contributed by atoms with Gasteiger partial charge in [-0.25, -0.2) is 8.42 Å². The van der Waals surface area contributed by atoms with E-state index >= 15 is 0 Å². The Balaban J connectivity index is 3.93. The van der Waals surface area contributed by atoms with Gasteiger partial charge in [-0.2, -0.15) is 0 Å². The second-order valence-electron chi connectivity index (χ2n) is 3.68. The fraction of sp³-hybridized carbons (Fsp3) is 0.889. The molecule has 2 atom stereocenters. The molecule has 90 valence electrons. The van der Waals surface area contributed by atoms with Crippen LogP contribution in [0.4, 0.5) is 0 Å². The van der Waals surface area contributed by atoms with E-state index in [1.807, 2.05) is 0 Å². The summed E-state index contributed by atoms with van der Waals surface area (Å²) in [5.41, 5.74) is 5.54. The molecule has 0 aromatic heterocycles. The Morgan fingerprint density at radius 2 is 1.93 bits per heavy atom. The summed E-state index contributed by atoms with van der Waals surface area (Å²) in [5.74, 6) is -0.405. The lowest BCUT2D eigenvalue weighted by Gasteiger charge is -2.15. The molecule has 0 aliphatic rings. The van der Waals surface area contributed by atoms with Gasteiger partial charge in [0.2, 0.25) is 5.91 Å². The number of sulfone groups is 1. The van der Waals surface area contributed by atoms with Crippen molar-refractivity contribution in [3.8, 4) is 0 Å². The second-order valence-corrected chi connectivity index (χ2v) is 6.15. The lowest BCUT2D eigenvalue weighted by atomic mass is 10.0. The summed E-state index contributed by atoms with van der Waals surface area (Å²) in [6, 6.07) is -0.229. The highest BCUT2D eigenvalue weighted by molar-refractivity contribution is 7.91. The van der Waals surface area contributed by atoms with Crippen molar-refractivity contribution in [3.05, 3.63) is 0 Å². The maximum atomic E-state index is 11.4. The van der Waals surface area contributed by atoms with Crippen LogP contribution in [0.25, 0.3) is 0 Å². The van der Waals surface area contributed by atoms with E-state index in [9.17, 15) is 13.2 Å². The van der Waals surface area contributed by atoms with Crippen LogP contribution in [0.2, 0.25) is 0 Å². The number of nitrogens with one attached hydrogen (secondary N) is 1. The third kappa shape index (κ3) is 5.74. The molecule has 0 heterocycles. The minimum Gasteiger partial charge on any atom is -0.355 e. The maximum Gasteiger partial charge on any atom is 0.224 e. The van der Waals surface area contributed by atoms with E-state index in [4.69, 9.17) is 5.73 Å². The third-order valence-electron chi connectivity index (χ3n) is 2.35. The van der Waals surface area contributed by atoms with Crippen molar-refractivity contribution < 1.29 is 13.2 Å². The highest BCUT2D eigenvalue weighted by atomic mass is 32.2. The Bertz CT molecular complexity index is 298. The van der Waals surface area contributed by atoms with Crippen LogP contribution < -0.4 is 11.1 Å². The van der Waals surface area contributed by atoms with Crippen LogP contribution in [0.1, 0.15) is 20.8 Å². The fourth-order valence-corrected chi connectivity index (χ4v) is 1.58. The number of amides is 1. The fourth-order valence-electron chi connectivity index (χ4n) is 0.874. The van der Waals surface area contributed by atoms with Crippen molar-refractivity contribution in [2.24, 2.45) is 11.7 Å². The number of rotatable bonds is 6. The van der Waals surface area contributed by atoms with Crippen LogP contribution in [0, 0.1) is 5.92 Å². The maximum absolute atomic E-state index is 11.4. The van der Waals surface area contributed by atoms with Gasteiger partial charge in [0.05, 0.1) is 5.75 Å². The Morgan fingerprint density at radius 1 is 1.40 bits per heavy atom. The molecule has 0 saturated heterocycles. The zero-order valence-corrected chi connectivity index (χ0v) is 10.3. The largest absolute Gasteiger partial charge is 0.355 e. The summed E-state index contributed by atoms with van der Waals surface area (Å²) in [5, 5.41) is 2.56. The normalized spacial score (nSPS) is 15.7. The van der Waals surface area contributed by atoms with Crippen molar-refractivity contribution in [2.45, 2.75) is 26.8 Å². The van der Waals surface area contributed by atoms with E-state index in [2.05, 4.69) is 5.32 Å². The molecule has 3 N–H and O–H groups in total. The van der Waals surface area contributed by atoms with Crippen LogP contribution in [0.15, 0.2) is 0 Å². The van der Waals surface area contributed by atoms with Crippen molar-refractivity contribution in [1.82, 2.24) is 5.32 Å². The first-order chi connectivity index (χ1) is 6.80. The van der Waals surface area contributed by atoms with Crippen LogP contribution in [-0.2, 0) is 14.6 Å². The van der Waals surface area contributed by atoms with Gasteiger partial charge in [0, 0.05) is 24.3 Å². The summed E-state index contributed by atoms with van der Waals surface area (Å²) < 4.78 is 22.2. The minimum absolute atomic E-state index is 0.0130. The molecule has 0 aromatic rings. The SMILES string of the molecule is CCS(=O)(=O)CCNC(=O)C(C)C(C)N. The molecule has 6 heteroatoms. The third-order valence-corrected chi connectivity index (χ3v) is 4.06. The van der Waals surface area contributed by atoms with Gasteiger partial charge in [0.1, 0.15) is 0 Å². The minimum atomic E-state index is -3.01. The summed E-state index contributed by atoms with van der Waals surface area (Å²) in [6.07, 6.45) is 0. The number of carbonyl (C=O) groups excluding carboxylic acids is 1. The van der Waals surface area contributed by atoms with Crippen LogP contribution in [-0.4, -0.2) is 38.4 Å². The first-order valence-corrected chi connectivity index (χ1v) is 6.86. The Morgan fingerprint density at radius 3 is 2.33 bits per heavy atom. The second kappa shape index (κ2) is 6.07. The highest BCUT2D eigenvalue weighted by Crippen LogP contribution is 1.99. The standard InChI is InChI=1S/C9H20N2O3S/c1-4-15(13,14)6-5-11-9(12)7(2)8(3)10/h7-8H,4-6,10H2,1-3H3,(H,11,12). The smallest absolute Gasteiger partial charge is 0.224 e. The van der Waals surface area contributed by atoms with Crippen LogP contribution in [0.5, 0.6) is 0 Å². The van der Waals surface area contributed by atoms with E-state index in [1.54, 1.807) is 20.8 Å². The molecule has 1 amide bonds. The van der Waals surface area contributed by atoms with Crippen molar-refractivity contribution in [3.63, 3.8) is 0 Å². The van der Waals surface area contributed by atoms with Gasteiger partial charge in [0.15, 0.2) is 9.84 Å². The molecule has 0 bridgehead atoms. The summed E-state index contributed by atoms with van der Waals surface area (Å²) in [7, 11) is -3.01. The number of hydrogen-bond donors (Lipinski definition) is 2. The van der Waals surface area contributed by atoms with Gasteiger partial charge >= 0.3 is 0 Å².